The molecular formula is C21H32N4O3. The summed E-state index contributed by atoms with van der Waals surface area (Å²) in [7, 11) is 1.66. The summed E-state index contributed by atoms with van der Waals surface area (Å²) < 4.78 is 11.0. The van der Waals surface area contributed by atoms with Crippen molar-refractivity contribution in [1.82, 2.24) is 15.6 Å². The first-order valence-corrected chi connectivity index (χ1v) is 9.50. The number of nitrogens with zero attached hydrogens (tertiary/aromatic N) is 2. The van der Waals surface area contributed by atoms with Crippen LogP contribution in [0.2, 0.25) is 0 Å². The van der Waals surface area contributed by atoms with Gasteiger partial charge in [-0.15, -0.1) is 0 Å². The van der Waals surface area contributed by atoms with Crippen LogP contribution in [0.5, 0.6) is 5.75 Å². The first-order valence-electron chi connectivity index (χ1n) is 9.50. The Kier molecular flexibility index (Phi) is 7.07. The minimum absolute atomic E-state index is 0.294. The molecule has 0 saturated heterocycles. The van der Waals surface area contributed by atoms with Crippen LogP contribution in [0.3, 0.4) is 0 Å². The maximum atomic E-state index is 10.9. The molecule has 2 aromatic heterocycles. The number of rotatable bonds is 7. The van der Waals surface area contributed by atoms with Gasteiger partial charge in [0, 0.05) is 29.4 Å². The minimum atomic E-state index is -1.08. The molecule has 0 bridgehead atoms. The number of ether oxygens (including phenoxy) is 1. The fraction of sp³-hybridized carbons (Fsp3) is 0.524. The Labute approximate surface area is 167 Å². The average molecular weight is 389 g/mol. The Bertz CT molecular complexity index is 840. The van der Waals surface area contributed by atoms with Gasteiger partial charge in [-0.2, -0.15) is 0 Å². The second-order valence-electron chi connectivity index (χ2n) is 7.20. The van der Waals surface area contributed by atoms with Gasteiger partial charge in [0.25, 0.3) is 0 Å². The topological polar surface area (TPSA) is 91.9 Å². The highest BCUT2D eigenvalue weighted by Gasteiger charge is 2.27. The van der Waals surface area contributed by atoms with E-state index in [1.54, 1.807) is 20.2 Å². The van der Waals surface area contributed by atoms with E-state index in [0.29, 0.717) is 25.6 Å². The van der Waals surface area contributed by atoms with Gasteiger partial charge in [0.15, 0.2) is 5.96 Å². The molecule has 0 aromatic carbocycles. The average Bonchev–Trinajstić information content (AvgIpc) is 2.98. The van der Waals surface area contributed by atoms with Crippen LogP contribution in [0, 0.1) is 27.7 Å². The van der Waals surface area contributed by atoms with E-state index in [1.807, 2.05) is 40.7 Å². The molecule has 0 radical (unpaired) electrons. The Morgan fingerprint density at radius 1 is 1.29 bits per heavy atom. The summed E-state index contributed by atoms with van der Waals surface area (Å²) in [5, 5.41) is 17.3. The van der Waals surface area contributed by atoms with Crippen molar-refractivity contribution in [2.24, 2.45) is 4.99 Å². The fourth-order valence-corrected chi connectivity index (χ4v) is 3.24. The quantitative estimate of drug-likeness (QED) is 0.499. The van der Waals surface area contributed by atoms with Crippen molar-refractivity contribution in [3.63, 3.8) is 0 Å². The number of furan rings is 1. The molecule has 0 aliphatic rings. The number of pyridine rings is 1. The van der Waals surface area contributed by atoms with E-state index in [0.717, 1.165) is 39.7 Å². The van der Waals surface area contributed by atoms with Crippen LogP contribution >= 0.6 is 0 Å². The van der Waals surface area contributed by atoms with Crippen LogP contribution in [0.15, 0.2) is 21.7 Å². The summed E-state index contributed by atoms with van der Waals surface area (Å²) in [6.45, 7) is 12.9. The van der Waals surface area contributed by atoms with E-state index in [9.17, 15) is 5.11 Å². The van der Waals surface area contributed by atoms with E-state index < -0.39 is 5.60 Å². The highest BCUT2D eigenvalue weighted by molar-refractivity contribution is 5.79. The number of nitrogens with one attached hydrogen (secondary N) is 2. The summed E-state index contributed by atoms with van der Waals surface area (Å²) in [5.41, 5.74) is 2.53. The number of aliphatic hydroxyl groups is 1. The second kappa shape index (κ2) is 9.10. The van der Waals surface area contributed by atoms with Crippen molar-refractivity contribution in [2.45, 2.75) is 53.7 Å². The van der Waals surface area contributed by atoms with Crippen molar-refractivity contribution in [3.05, 3.63) is 46.2 Å². The summed E-state index contributed by atoms with van der Waals surface area (Å²) in [5.74, 6) is 2.95. The predicted octanol–water partition coefficient (Wildman–Crippen LogP) is 2.88. The lowest BCUT2D eigenvalue weighted by Crippen LogP contribution is -2.44. The van der Waals surface area contributed by atoms with E-state index in [2.05, 4.69) is 20.6 Å². The zero-order chi connectivity index (χ0) is 20.9. The third kappa shape index (κ3) is 5.04. The zero-order valence-electron chi connectivity index (χ0n) is 17.9. The number of methoxy groups -OCH3 is 1. The number of hydrogen-bond donors (Lipinski definition) is 3. The molecule has 2 aromatic rings. The molecule has 1 unspecified atom stereocenters. The molecule has 2 heterocycles. The van der Waals surface area contributed by atoms with E-state index in [1.165, 1.54) is 0 Å². The number of guanidine groups is 1. The van der Waals surface area contributed by atoms with Gasteiger partial charge in [0.2, 0.25) is 0 Å². The third-order valence-corrected chi connectivity index (χ3v) is 4.70. The molecule has 154 valence electrons. The second-order valence-corrected chi connectivity index (χ2v) is 7.20. The largest absolute Gasteiger partial charge is 0.496 e. The number of aromatic nitrogens is 1. The Morgan fingerprint density at radius 2 is 2.00 bits per heavy atom. The number of hydrogen-bond acceptors (Lipinski definition) is 5. The van der Waals surface area contributed by atoms with Crippen LogP contribution in [0.4, 0.5) is 0 Å². The summed E-state index contributed by atoms with van der Waals surface area (Å²) in [6.07, 6.45) is 1.80. The summed E-state index contributed by atoms with van der Waals surface area (Å²) in [4.78, 5) is 9.10. The first-order chi connectivity index (χ1) is 13.2. The van der Waals surface area contributed by atoms with Crippen molar-refractivity contribution >= 4 is 5.96 Å². The lowest BCUT2D eigenvalue weighted by Gasteiger charge is -2.24. The standard InChI is InChI=1S/C21H32N4O3/c1-8-22-20(24-11-18-15(4)19(27-7)13(2)10-23-18)25-12-21(6,26)17-9-14(3)28-16(17)5/h9-10,26H,8,11-12H2,1-7H3,(H2,22,24,25). The maximum Gasteiger partial charge on any atom is 0.191 e. The molecule has 0 amide bonds. The van der Waals surface area contributed by atoms with Gasteiger partial charge in [0.05, 0.1) is 25.9 Å². The highest BCUT2D eigenvalue weighted by Crippen LogP contribution is 2.26. The van der Waals surface area contributed by atoms with Crippen molar-refractivity contribution in [1.29, 1.82) is 0 Å². The molecule has 0 aliphatic heterocycles. The van der Waals surface area contributed by atoms with Gasteiger partial charge in [-0.3, -0.25) is 4.98 Å². The lowest BCUT2D eigenvalue weighted by molar-refractivity contribution is 0.0601. The molecule has 7 heteroatoms. The molecule has 0 spiro atoms. The van der Waals surface area contributed by atoms with Gasteiger partial charge < -0.3 is 24.9 Å². The molecule has 2 rings (SSSR count). The molecule has 0 aliphatic carbocycles. The third-order valence-electron chi connectivity index (χ3n) is 4.70. The Balaban J connectivity index is 2.14. The van der Waals surface area contributed by atoms with Crippen LogP contribution < -0.4 is 15.4 Å². The maximum absolute atomic E-state index is 10.9. The number of aryl methyl sites for hydroxylation is 3. The molecule has 3 N–H and O–H groups in total. The van der Waals surface area contributed by atoms with Crippen LogP contribution in [-0.2, 0) is 12.1 Å². The number of aliphatic imine (C=N–C) groups is 1. The van der Waals surface area contributed by atoms with Gasteiger partial charge in [0.1, 0.15) is 22.9 Å². The minimum Gasteiger partial charge on any atom is -0.496 e. The van der Waals surface area contributed by atoms with Crippen molar-refractivity contribution < 1.29 is 14.3 Å². The monoisotopic (exact) mass is 388 g/mol. The highest BCUT2D eigenvalue weighted by atomic mass is 16.5. The predicted molar refractivity (Wildman–Crippen MR) is 111 cm³/mol. The van der Waals surface area contributed by atoms with Gasteiger partial charge >= 0.3 is 0 Å². The first kappa shape index (κ1) is 21.8. The zero-order valence-corrected chi connectivity index (χ0v) is 17.9. The Hall–Kier alpha value is -2.54. The molecule has 0 fully saturated rings. The van der Waals surface area contributed by atoms with E-state index >= 15 is 0 Å². The summed E-state index contributed by atoms with van der Waals surface area (Å²) >= 11 is 0. The van der Waals surface area contributed by atoms with Crippen LogP contribution in [-0.4, -0.2) is 36.2 Å². The molecule has 1 atom stereocenters. The fourth-order valence-electron chi connectivity index (χ4n) is 3.24. The molecule has 28 heavy (non-hydrogen) atoms. The molecule has 7 nitrogen and oxygen atoms in total. The van der Waals surface area contributed by atoms with Gasteiger partial charge in [-0.25, -0.2) is 4.99 Å². The van der Waals surface area contributed by atoms with E-state index in [4.69, 9.17) is 9.15 Å². The van der Waals surface area contributed by atoms with Gasteiger partial charge in [-0.1, -0.05) is 0 Å². The summed E-state index contributed by atoms with van der Waals surface area (Å²) in [6, 6.07) is 1.87. The van der Waals surface area contributed by atoms with Crippen molar-refractivity contribution in [3.8, 4) is 5.75 Å². The van der Waals surface area contributed by atoms with Crippen molar-refractivity contribution in [2.75, 3.05) is 20.2 Å². The molecule has 0 saturated carbocycles. The van der Waals surface area contributed by atoms with Crippen LogP contribution in [0.25, 0.3) is 0 Å². The van der Waals surface area contributed by atoms with E-state index in [-0.39, 0.29) is 0 Å². The Morgan fingerprint density at radius 3 is 2.57 bits per heavy atom. The smallest absolute Gasteiger partial charge is 0.191 e. The van der Waals surface area contributed by atoms with Crippen LogP contribution in [0.1, 0.15) is 47.8 Å². The lowest BCUT2D eigenvalue weighted by atomic mass is 9.96. The SMILES string of the molecule is CCNC(=NCc1ncc(C)c(OC)c1C)NCC(C)(O)c1cc(C)oc1C. The normalized spacial score (nSPS) is 13.9. The molecular weight excluding hydrogens is 356 g/mol. The van der Waals surface area contributed by atoms with Gasteiger partial charge in [-0.05, 0) is 47.6 Å².